The molecule has 0 fully saturated rings. The Morgan fingerprint density at radius 1 is 0.971 bits per heavy atom. The molecule has 0 saturated carbocycles. The highest BCUT2D eigenvalue weighted by atomic mass is 16.5. The van der Waals surface area contributed by atoms with Crippen LogP contribution in [0.2, 0.25) is 0 Å². The van der Waals surface area contributed by atoms with E-state index < -0.39 is 0 Å². The number of carbonyl (C=O) groups excluding carboxylic acids is 1. The minimum Gasteiger partial charge on any atom is -0.493 e. The predicted octanol–water partition coefficient (Wildman–Crippen LogP) is 5.41. The lowest BCUT2D eigenvalue weighted by atomic mass is 10.1. The number of hydrogen-bond acceptors (Lipinski definition) is 3. The largest absolute Gasteiger partial charge is 0.493 e. The molecule has 1 amide bonds. The number of rotatable bonds is 11. The lowest BCUT2D eigenvalue weighted by Gasteiger charge is -2.12. The Balaban J connectivity index is 1.30. The average molecular weight is 456 g/mol. The van der Waals surface area contributed by atoms with Gasteiger partial charge in [-0.1, -0.05) is 60.2 Å². The van der Waals surface area contributed by atoms with Crippen LogP contribution in [0.5, 0.6) is 5.75 Å². The van der Waals surface area contributed by atoms with E-state index in [0.717, 1.165) is 54.0 Å². The third kappa shape index (κ3) is 6.25. The molecule has 0 saturated heterocycles. The number of nitrogens with one attached hydrogen (secondary N) is 1. The predicted molar refractivity (Wildman–Crippen MR) is 137 cm³/mol. The molecule has 0 radical (unpaired) electrons. The molecule has 0 atom stereocenters. The molecule has 34 heavy (non-hydrogen) atoms. The van der Waals surface area contributed by atoms with Gasteiger partial charge in [-0.15, -0.1) is 0 Å². The van der Waals surface area contributed by atoms with Gasteiger partial charge in [0.25, 0.3) is 0 Å². The average Bonchev–Trinajstić information content (AvgIpc) is 3.18. The van der Waals surface area contributed by atoms with Crippen LogP contribution >= 0.6 is 0 Å². The summed E-state index contributed by atoms with van der Waals surface area (Å²) in [6.45, 7) is 6.33. The van der Waals surface area contributed by atoms with Crippen LogP contribution in [0.3, 0.4) is 0 Å². The van der Waals surface area contributed by atoms with Crippen LogP contribution in [0.1, 0.15) is 35.4 Å². The molecule has 4 rings (SSSR count). The summed E-state index contributed by atoms with van der Waals surface area (Å²) in [5.74, 6) is 2.07. The van der Waals surface area contributed by atoms with Crippen molar-refractivity contribution in [1.82, 2.24) is 14.9 Å². The third-order valence-corrected chi connectivity index (χ3v) is 5.95. The molecule has 1 aromatic heterocycles. The summed E-state index contributed by atoms with van der Waals surface area (Å²) in [5.41, 5.74) is 5.61. The quantitative estimate of drug-likeness (QED) is 0.308. The van der Waals surface area contributed by atoms with Gasteiger partial charge in [0.1, 0.15) is 11.6 Å². The molecular weight excluding hydrogens is 422 g/mol. The molecular formula is C29H33N3O2. The Labute approximate surface area is 201 Å². The minimum absolute atomic E-state index is 0.0586. The first-order valence-corrected chi connectivity index (χ1v) is 12.0. The Kier molecular flexibility index (Phi) is 7.97. The lowest BCUT2D eigenvalue weighted by Crippen LogP contribution is -2.26. The molecule has 1 heterocycles. The van der Waals surface area contributed by atoms with E-state index in [-0.39, 0.29) is 5.91 Å². The SMILES string of the molecule is Cc1ccc(OCCCn2c(CCCNC(=O)Cc3ccccc3)nc3ccccc32)c(C)c1. The number of aromatic nitrogens is 2. The van der Waals surface area contributed by atoms with Gasteiger partial charge in [-0.05, 0) is 56.0 Å². The van der Waals surface area contributed by atoms with Gasteiger partial charge in [0.15, 0.2) is 0 Å². The second kappa shape index (κ2) is 11.5. The first kappa shape index (κ1) is 23.6. The van der Waals surface area contributed by atoms with E-state index in [1.54, 1.807) is 0 Å². The van der Waals surface area contributed by atoms with Gasteiger partial charge in [-0.3, -0.25) is 4.79 Å². The molecule has 0 aliphatic rings. The standard InChI is InChI=1S/C29H33N3O2/c1-22-15-16-27(23(2)20-22)34-19-9-18-32-26-13-7-6-12-25(26)31-28(32)14-8-17-30-29(33)21-24-10-4-3-5-11-24/h3-7,10-13,15-16,20H,8-9,14,17-19,21H2,1-2H3,(H,30,33). The second-order valence-electron chi connectivity index (χ2n) is 8.76. The van der Waals surface area contributed by atoms with Gasteiger partial charge in [0.05, 0.1) is 24.1 Å². The number of ether oxygens (including phenoxy) is 1. The van der Waals surface area contributed by atoms with Crippen LogP contribution in [0.25, 0.3) is 11.0 Å². The summed E-state index contributed by atoms with van der Waals surface area (Å²) in [6.07, 6.45) is 2.98. The van der Waals surface area contributed by atoms with Crippen LogP contribution in [0.15, 0.2) is 72.8 Å². The lowest BCUT2D eigenvalue weighted by molar-refractivity contribution is -0.120. The van der Waals surface area contributed by atoms with Gasteiger partial charge < -0.3 is 14.6 Å². The van der Waals surface area contributed by atoms with Crippen LogP contribution < -0.4 is 10.1 Å². The first-order valence-electron chi connectivity index (χ1n) is 12.0. The van der Waals surface area contributed by atoms with Crippen molar-refractivity contribution in [2.24, 2.45) is 0 Å². The summed E-state index contributed by atoms with van der Waals surface area (Å²) in [5, 5.41) is 3.04. The fourth-order valence-electron chi connectivity index (χ4n) is 4.25. The van der Waals surface area contributed by atoms with Crippen molar-refractivity contribution in [1.29, 1.82) is 0 Å². The van der Waals surface area contributed by atoms with Crippen molar-refractivity contribution < 1.29 is 9.53 Å². The molecule has 1 N–H and O–H groups in total. The molecule has 5 nitrogen and oxygen atoms in total. The number of para-hydroxylation sites is 2. The van der Waals surface area contributed by atoms with E-state index >= 15 is 0 Å². The van der Waals surface area contributed by atoms with Crippen molar-refractivity contribution in [3.63, 3.8) is 0 Å². The Morgan fingerprint density at radius 2 is 1.76 bits per heavy atom. The summed E-state index contributed by atoms with van der Waals surface area (Å²) in [4.78, 5) is 17.1. The molecule has 3 aromatic carbocycles. The van der Waals surface area contributed by atoms with Crippen molar-refractivity contribution in [3.8, 4) is 5.75 Å². The van der Waals surface area contributed by atoms with E-state index in [0.29, 0.717) is 19.6 Å². The highest BCUT2D eigenvalue weighted by Gasteiger charge is 2.11. The monoisotopic (exact) mass is 455 g/mol. The number of imidazole rings is 1. The normalized spacial score (nSPS) is 11.0. The molecule has 5 heteroatoms. The smallest absolute Gasteiger partial charge is 0.224 e. The molecule has 0 aliphatic carbocycles. The molecule has 0 aliphatic heterocycles. The maximum Gasteiger partial charge on any atom is 0.224 e. The highest BCUT2D eigenvalue weighted by Crippen LogP contribution is 2.20. The number of hydrogen-bond donors (Lipinski definition) is 1. The van der Waals surface area contributed by atoms with Crippen LogP contribution in [0, 0.1) is 13.8 Å². The Hall–Kier alpha value is -3.60. The number of nitrogens with zero attached hydrogens (tertiary/aromatic N) is 2. The summed E-state index contributed by atoms with van der Waals surface area (Å²) in [6, 6.07) is 24.4. The number of aryl methyl sites for hydroxylation is 4. The summed E-state index contributed by atoms with van der Waals surface area (Å²) < 4.78 is 8.33. The van der Waals surface area contributed by atoms with Crippen molar-refractivity contribution in [2.75, 3.05) is 13.2 Å². The zero-order valence-corrected chi connectivity index (χ0v) is 20.1. The number of amides is 1. The Bertz CT molecular complexity index is 1230. The highest BCUT2D eigenvalue weighted by molar-refractivity contribution is 5.78. The first-order chi connectivity index (χ1) is 16.6. The van der Waals surface area contributed by atoms with E-state index in [2.05, 4.69) is 60.1 Å². The van der Waals surface area contributed by atoms with Gasteiger partial charge in [-0.25, -0.2) is 4.98 Å². The van der Waals surface area contributed by atoms with E-state index in [4.69, 9.17) is 9.72 Å². The van der Waals surface area contributed by atoms with Gasteiger partial charge >= 0.3 is 0 Å². The minimum atomic E-state index is 0.0586. The topological polar surface area (TPSA) is 56.1 Å². The Morgan fingerprint density at radius 3 is 2.59 bits per heavy atom. The van der Waals surface area contributed by atoms with Crippen molar-refractivity contribution >= 4 is 16.9 Å². The number of benzene rings is 3. The van der Waals surface area contributed by atoms with Crippen LogP contribution in [-0.4, -0.2) is 28.6 Å². The third-order valence-electron chi connectivity index (χ3n) is 5.95. The van der Waals surface area contributed by atoms with Gasteiger partial charge in [0, 0.05) is 19.5 Å². The van der Waals surface area contributed by atoms with Crippen molar-refractivity contribution in [2.45, 2.75) is 46.1 Å². The maximum absolute atomic E-state index is 12.2. The maximum atomic E-state index is 12.2. The van der Waals surface area contributed by atoms with Crippen molar-refractivity contribution in [3.05, 3.63) is 95.3 Å². The van der Waals surface area contributed by atoms with E-state index in [9.17, 15) is 4.79 Å². The number of carbonyl (C=O) groups is 1. The van der Waals surface area contributed by atoms with Crippen LogP contribution in [-0.2, 0) is 24.2 Å². The summed E-state index contributed by atoms with van der Waals surface area (Å²) >= 11 is 0. The zero-order chi connectivity index (χ0) is 23.8. The van der Waals surface area contributed by atoms with E-state index in [1.807, 2.05) is 36.4 Å². The number of fused-ring (bicyclic) bond motifs is 1. The van der Waals surface area contributed by atoms with Gasteiger partial charge in [0.2, 0.25) is 5.91 Å². The summed E-state index contributed by atoms with van der Waals surface area (Å²) in [7, 11) is 0. The fourth-order valence-corrected chi connectivity index (χ4v) is 4.25. The second-order valence-corrected chi connectivity index (χ2v) is 8.76. The molecule has 0 spiro atoms. The molecule has 0 unspecified atom stereocenters. The fraction of sp³-hybridized carbons (Fsp3) is 0.310. The van der Waals surface area contributed by atoms with Crippen LogP contribution in [0.4, 0.5) is 0 Å². The molecule has 4 aromatic rings. The zero-order valence-electron chi connectivity index (χ0n) is 20.1. The molecule has 0 bridgehead atoms. The van der Waals surface area contributed by atoms with Gasteiger partial charge in [-0.2, -0.15) is 0 Å². The molecule has 176 valence electrons. The van der Waals surface area contributed by atoms with E-state index in [1.165, 1.54) is 11.1 Å².